The topological polar surface area (TPSA) is 51.8 Å². The molecular weight excluding hydrogens is 253 g/mol. The lowest BCUT2D eigenvalue weighted by Crippen LogP contribution is -1.95. The van der Waals surface area contributed by atoms with Crippen molar-refractivity contribution in [2.45, 2.75) is 13.8 Å². The van der Waals surface area contributed by atoms with Gasteiger partial charge < -0.3 is 5.73 Å². The van der Waals surface area contributed by atoms with E-state index in [-0.39, 0.29) is 0 Å². The van der Waals surface area contributed by atoms with Crippen LogP contribution in [0, 0.1) is 6.92 Å². The molecule has 0 aliphatic rings. The van der Waals surface area contributed by atoms with Gasteiger partial charge in [0.25, 0.3) is 0 Å². The molecule has 0 bridgehead atoms. The molecule has 0 atom stereocenters. The highest BCUT2D eigenvalue weighted by Gasteiger charge is 2.08. The monoisotopic (exact) mass is 269 g/mol. The van der Waals surface area contributed by atoms with Crippen LogP contribution < -0.4 is 5.73 Å². The van der Waals surface area contributed by atoms with E-state index in [1.807, 2.05) is 26.0 Å². The van der Waals surface area contributed by atoms with E-state index in [1.165, 1.54) is 6.08 Å². The zero-order valence-corrected chi connectivity index (χ0v) is 11.5. The molecule has 2 rings (SSSR count). The van der Waals surface area contributed by atoms with Gasteiger partial charge in [-0.15, -0.1) is 0 Å². The van der Waals surface area contributed by atoms with E-state index in [2.05, 4.69) is 9.97 Å². The van der Waals surface area contributed by atoms with E-state index < -0.39 is 5.83 Å². The van der Waals surface area contributed by atoms with Gasteiger partial charge in [-0.1, -0.05) is 12.2 Å². The highest BCUT2D eigenvalue weighted by molar-refractivity contribution is 5.87. The van der Waals surface area contributed by atoms with Crippen LogP contribution >= 0.6 is 0 Å². The summed E-state index contributed by atoms with van der Waals surface area (Å²) in [6.45, 7) is 3.79. The second-order valence-electron chi connectivity index (χ2n) is 4.42. The number of allylic oxidation sites excluding steroid dienone is 4. The van der Waals surface area contributed by atoms with E-state index in [9.17, 15) is 4.39 Å². The third-order valence-corrected chi connectivity index (χ3v) is 2.75. The predicted molar refractivity (Wildman–Crippen MR) is 80.4 cm³/mol. The molecule has 0 spiro atoms. The van der Waals surface area contributed by atoms with Crippen molar-refractivity contribution in [1.82, 2.24) is 9.97 Å². The first kappa shape index (κ1) is 13.9. The molecule has 0 aromatic carbocycles. The van der Waals surface area contributed by atoms with Crippen LogP contribution in [0.15, 0.2) is 54.5 Å². The molecule has 0 saturated carbocycles. The highest BCUT2D eigenvalue weighted by Crippen LogP contribution is 2.24. The third kappa shape index (κ3) is 3.09. The van der Waals surface area contributed by atoms with Crippen LogP contribution in [0.3, 0.4) is 0 Å². The molecule has 0 aliphatic heterocycles. The molecule has 2 aromatic heterocycles. The van der Waals surface area contributed by atoms with Crippen molar-refractivity contribution in [3.63, 3.8) is 0 Å². The van der Waals surface area contributed by atoms with Crippen molar-refractivity contribution < 1.29 is 4.39 Å². The lowest BCUT2D eigenvalue weighted by atomic mass is 10.1. The number of pyridine rings is 2. The van der Waals surface area contributed by atoms with Crippen LogP contribution in [0.4, 0.5) is 4.39 Å². The average Bonchev–Trinajstić information content (AvgIpc) is 2.44. The number of aryl methyl sites for hydroxylation is 1. The fraction of sp³-hybridized carbons (Fsp3) is 0.125. The van der Waals surface area contributed by atoms with Crippen LogP contribution in [0.25, 0.3) is 16.9 Å². The van der Waals surface area contributed by atoms with Crippen LogP contribution in [-0.4, -0.2) is 9.97 Å². The molecule has 0 saturated heterocycles. The maximum Gasteiger partial charge on any atom is 0.134 e. The van der Waals surface area contributed by atoms with Crippen LogP contribution in [0.5, 0.6) is 0 Å². The molecule has 102 valence electrons. The van der Waals surface area contributed by atoms with E-state index >= 15 is 0 Å². The maximum atomic E-state index is 14.3. The van der Waals surface area contributed by atoms with E-state index in [0.717, 1.165) is 5.56 Å². The first-order valence-corrected chi connectivity index (χ1v) is 6.29. The zero-order chi connectivity index (χ0) is 14.5. The first-order chi connectivity index (χ1) is 9.61. The normalized spacial score (nSPS) is 13.3. The lowest BCUT2D eigenvalue weighted by Gasteiger charge is -2.04. The van der Waals surface area contributed by atoms with Gasteiger partial charge in [-0.2, -0.15) is 0 Å². The SMILES string of the molecule is C/C=C/C=C(N)\C=C(\F)c1ccnc2cc(C)cnc12. The van der Waals surface area contributed by atoms with Crippen LogP contribution in [0.2, 0.25) is 0 Å². The average molecular weight is 269 g/mol. The van der Waals surface area contributed by atoms with E-state index in [0.29, 0.717) is 22.3 Å². The number of hydrogen-bond donors (Lipinski definition) is 1. The lowest BCUT2D eigenvalue weighted by molar-refractivity contribution is 0.760. The number of aromatic nitrogens is 2. The molecule has 2 heterocycles. The fourth-order valence-corrected chi connectivity index (χ4v) is 1.80. The van der Waals surface area contributed by atoms with Crippen LogP contribution in [0.1, 0.15) is 18.1 Å². The summed E-state index contributed by atoms with van der Waals surface area (Å²) in [6.07, 6.45) is 9.77. The van der Waals surface area contributed by atoms with Gasteiger partial charge in [0.15, 0.2) is 0 Å². The van der Waals surface area contributed by atoms with Gasteiger partial charge >= 0.3 is 0 Å². The Hall–Kier alpha value is -2.49. The Balaban J connectivity index is 2.50. The van der Waals surface area contributed by atoms with E-state index in [1.54, 1.807) is 30.6 Å². The van der Waals surface area contributed by atoms with Crippen molar-refractivity contribution >= 4 is 16.9 Å². The van der Waals surface area contributed by atoms with Gasteiger partial charge in [-0.25, -0.2) is 4.39 Å². The molecule has 2 aromatic rings. The Bertz CT molecular complexity index is 715. The number of fused-ring (bicyclic) bond motifs is 1. The molecular formula is C16H16FN3. The number of halogens is 1. The molecule has 0 unspecified atom stereocenters. The van der Waals surface area contributed by atoms with Gasteiger partial charge in [0, 0.05) is 23.7 Å². The third-order valence-electron chi connectivity index (χ3n) is 2.75. The minimum absolute atomic E-state index is 0.345. The number of nitrogens with zero attached hydrogens (tertiary/aromatic N) is 2. The summed E-state index contributed by atoms with van der Waals surface area (Å²) in [5.74, 6) is -0.424. The smallest absolute Gasteiger partial charge is 0.134 e. The number of rotatable bonds is 3. The molecule has 3 nitrogen and oxygen atoms in total. The second kappa shape index (κ2) is 6.10. The summed E-state index contributed by atoms with van der Waals surface area (Å²) in [5, 5.41) is 0. The van der Waals surface area contributed by atoms with Crippen molar-refractivity contribution in [2.75, 3.05) is 0 Å². The van der Waals surface area contributed by atoms with Crippen molar-refractivity contribution in [3.8, 4) is 0 Å². The summed E-state index contributed by atoms with van der Waals surface area (Å²) in [7, 11) is 0. The largest absolute Gasteiger partial charge is 0.399 e. The Morgan fingerprint density at radius 1 is 1.35 bits per heavy atom. The summed E-state index contributed by atoms with van der Waals surface area (Å²) in [6, 6.07) is 3.47. The second-order valence-corrected chi connectivity index (χ2v) is 4.42. The minimum Gasteiger partial charge on any atom is -0.399 e. The standard InChI is InChI=1S/C16H16FN3/c1-3-4-5-12(18)9-14(17)13-6-7-19-15-8-11(2)10-20-16(13)15/h3-10H,18H2,1-2H3/b4-3+,12-5+,14-9+. The molecule has 20 heavy (non-hydrogen) atoms. The van der Waals surface area contributed by atoms with Crippen molar-refractivity contribution in [3.05, 3.63) is 65.7 Å². The highest BCUT2D eigenvalue weighted by atomic mass is 19.1. The molecule has 0 radical (unpaired) electrons. The van der Waals surface area contributed by atoms with Crippen LogP contribution in [-0.2, 0) is 0 Å². The van der Waals surface area contributed by atoms with E-state index in [4.69, 9.17) is 5.73 Å². The van der Waals surface area contributed by atoms with Crippen molar-refractivity contribution in [1.29, 1.82) is 0 Å². The Kier molecular flexibility index (Phi) is 4.25. The summed E-state index contributed by atoms with van der Waals surface area (Å²) >= 11 is 0. The summed E-state index contributed by atoms with van der Waals surface area (Å²) < 4.78 is 14.3. The van der Waals surface area contributed by atoms with Gasteiger partial charge in [0.1, 0.15) is 5.83 Å². The Morgan fingerprint density at radius 3 is 2.90 bits per heavy atom. The van der Waals surface area contributed by atoms with Crippen molar-refractivity contribution in [2.24, 2.45) is 5.73 Å². The molecule has 0 aliphatic carbocycles. The molecule has 0 fully saturated rings. The summed E-state index contributed by atoms with van der Waals surface area (Å²) in [4.78, 5) is 8.45. The number of hydrogen-bond acceptors (Lipinski definition) is 3. The van der Waals surface area contributed by atoms with Gasteiger partial charge in [-0.05, 0) is 43.7 Å². The van der Waals surface area contributed by atoms with Gasteiger partial charge in [0.05, 0.1) is 11.0 Å². The molecule has 0 amide bonds. The Morgan fingerprint density at radius 2 is 2.15 bits per heavy atom. The quantitative estimate of drug-likeness (QED) is 0.865. The Labute approximate surface area is 117 Å². The fourth-order valence-electron chi connectivity index (χ4n) is 1.80. The zero-order valence-electron chi connectivity index (χ0n) is 11.5. The van der Waals surface area contributed by atoms with Gasteiger partial charge in [0.2, 0.25) is 0 Å². The maximum absolute atomic E-state index is 14.3. The minimum atomic E-state index is -0.424. The predicted octanol–water partition coefficient (Wildman–Crippen LogP) is 3.67. The number of nitrogens with two attached hydrogens (primary N) is 1. The first-order valence-electron chi connectivity index (χ1n) is 6.29. The molecule has 2 N–H and O–H groups in total. The molecule has 4 heteroatoms. The van der Waals surface area contributed by atoms with Gasteiger partial charge in [-0.3, -0.25) is 9.97 Å². The summed E-state index contributed by atoms with van der Waals surface area (Å²) in [5.41, 5.74) is 8.65.